The highest BCUT2D eigenvalue weighted by molar-refractivity contribution is 6.21. The van der Waals surface area contributed by atoms with Crippen molar-refractivity contribution in [2.45, 2.75) is 31.8 Å². The number of para-hydroxylation sites is 1. The van der Waals surface area contributed by atoms with Crippen molar-refractivity contribution in [3.63, 3.8) is 0 Å². The molecule has 166 valence electrons. The second kappa shape index (κ2) is 9.74. The summed E-state index contributed by atoms with van der Waals surface area (Å²) in [6, 6.07) is 13.5. The van der Waals surface area contributed by atoms with Crippen LogP contribution >= 0.6 is 0 Å². The average Bonchev–Trinajstić information content (AvgIpc) is 3.41. The lowest BCUT2D eigenvalue weighted by atomic mass is 10.1. The van der Waals surface area contributed by atoms with E-state index in [1.54, 1.807) is 48.5 Å². The summed E-state index contributed by atoms with van der Waals surface area (Å²) < 4.78 is 5.52. The SMILES string of the molecule is O=C(CCCN1C(=O)c2ccccc2C1=O)Nc1ccccc1C(=O)NC[C@H]1CCCO1. The number of nitrogens with zero attached hydrogens (tertiary/aromatic N) is 1. The minimum atomic E-state index is -0.334. The van der Waals surface area contributed by atoms with Crippen molar-refractivity contribution in [2.24, 2.45) is 0 Å². The smallest absolute Gasteiger partial charge is 0.261 e. The van der Waals surface area contributed by atoms with E-state index in [2.05, 4.69) is 10.6 Å². The molecule has 2 aliphatic heterocycles. The molecule has 1 fully saturated rings. The molecule has 8 heteroatoms. The molecule has 0 aliphatic carbocycles. The summed E-state index contributed by atoms with van der Waals surface area (Å²) in [6.07, 6.45) is 2.38. The number of hydrogen-bond acceptors (Lipinski definition) is 5. The van der Waals surface area contributed by atoms with Gasteiger partial charge in [-0.3, -0.25) is 24.1 Å². The fraction of sp³-hybridized carbons (Fsp3) is 0.333. The van der Waals surface area contributed by atoms with Gasteiger partial charge in [0, 0.05) is 26.1 Å². The van der Waals surface area contributed by atoms with Crippen molar-refractivity contribution in [1.82, 2.24) is 10.2 Å². The molecule has 2 N–H and O–H groups in total. The van der Waals surface area contributed by atoms with E-state index in [9.17, 15) is 19.2 Å². The molecule has 0 spiro atoms. The van der Waals surface area contributed by atoms with Crippen LogP contribution in [0.2, 0.25) is 0 Å². The van der Waals surface area contributed by atoms with E-state index in [1.165, 1.54) is 4.90 Å². The Hall–Kier alpha value is -3.52. The standard InChI is InChI=1S/C24H25N3O5/c28-21(12-5-13-27-23(30)17-8-1-2-9-18(17)24(27)31)26-20-11-4-3-10-19(20)22(29)25-15-16-7-6-14-32-16/h1-4,8-11,16H,5-7,12-15H2,(H,25,29)(H,26,28)/t16-/m1/s1. The van der Waals surface area contributed by atoms with Crippen LogP contribution in [0.5, 0.6) is 0 Å². The van der Waals surface area contributed by atoms with E-state index in [0.717, 1.165) is 12.8 Å². The Kier molecular flexibility index (Phi) is 6.61. The predicted molar refractivity (Wildman–Crippen MR) is 117 cm³/mol. The molecule has 8 nitrogen and oxygen atoms in total. The van der Waals surface area contributed by atoms with E-state index < -0.39 is 0 Å². The summed E-state index contributed by atoms with van der Waals surface area (Å²) in [6.45, 7) is 1.30. The summed E-state index contributed by atoms with van der Waals surface area (Å²) in [7, 11) is 0. The van der Waals surface area contributed by atoms with Crippen LogP contribution in [0.15, 0.2) is 48.5 Å². The summed E-state index contributed by atoms with van der Waals surface area (Å²) in [5, 5.41) is 5.62. The minimum absolute atomic E-state index is 0.0304. The monoisotopic (exact) mass is 435 g/mol. The zero-order valence-corrected chi connectivity index (χ0v) is 17.6. The van der Waals surface area contributed by atoms with Crippen LogP contribution in [0.4, 0.5) is 5.69 Å². The Morgan fingerprint density at radius 3 is 2.38 bits per heavy atom. The topological polar surface area (TPSA) is 105 Å². The fourth-order valence-electron chi connectivity index (χ4n) is 3.95. The second-order valence-corrected chi connectivity index (χ2v) is 7.85. The molecule has 0 bridgehead atoms. The van der Waals surface area contributed by atoms with Gasteiger partial charge in [0.2, 0.25) is 5.91 Å². The summed E-state index contributed by atoms with van der Waals surface area (Å²) >= 11 is 0. The van der Waals surface area contributed by atoms with Gasteiger partial charge < -0.3 is 15.4 Å². The number of carbonyl (C=O) groups is 4. The third-order valence-corrected chi connectivity index (χ3v) is 5.62. The number of hydrogen-bond donors (Lipinski definition) is 2. The lowest BCUT2D eigenvalue weighted by Crippen LogP contribution is -2.32. The molecule has 0 aromatic heterocycles. The van der Waals surface area contributed by atoms with Gasteiger partial charge in [-0.25, -0.2) is 0 Å². The number of carbonyl (C=O) groups excluding carboxylic acids is 4. The van der Waals surface area contributed by atoms with E-state index in [4.69, 9.17) is 4.74 Å². The molecule has 32 heavy (non-hydrogen) atoms. The molecule has 0 unspecified atom stereocenters. The maximum atomic E-state index is 12.6. The lowest BCUT2D eigenvalue weighted by Gasteiger charge is -2.15. The van der Waals surface area contributed by atoms with Crippen LogP contribution in [0.25, 0.3) is 0 Å². The van der Waals surface area contributed by atoms with Gasteiger partial charge in [0.1, 0.15) is 0 Å². The quantitative estimate of drug-likeness (QED) is 0.620. The van der Waals surface area contributed by atoms with Crippen LogP contribution < -0.4 is 10.6 Å². The maximum absolute atomic E-state index is 12.6. The lowest BCUT2D eigenvalue weighted by molar-refractivity contribution is -0.116. The summed E-state index contributed by atoms with van der Waals surface area (Å²) in [5.74, 6) is -1.23. The number of nitrogens with one attached hydrogen (secondary N) is 2. The van der Waals surface area contributed by atoms with Gasteiger partial charge in [0.05, 0.1) is 28.5 Å². The van der Waals surface area contributed by atoms with Crippen molar-refractivity contribution in [2.75, 3.05) is 25.0 Å². The highest BCUT2D eigenvalue weighted by Crippen LogP contribution is 2.23. The Morgan fingerprint density at radius 1 is 1.00 bits per heavy atom. The highest BCUT2D eigenvalue weighted by atomic mass is 16.5. The third-order valence-electron chi connectivity index (χ3n) is 5.62. The normalized spacial score (nSPS) is 17.4. The number of rotatable bonds is 8. The van der Waals surface area contributed by atoms with Crippen LogP contribution in [-0.4, -0.2) is 54.3 Å². The predicted octanol–water partition coefficient (Wildman–Crippen LogP) is 2.61. The Bertz CT molecular complexity index is 1010. The van der Waals surface area contributed by atoms with Gasteiger partial charge in [-0.05, 0) is 43.5 Å². The van der Waals surface area contributed by atoms with Crippen LogP contribution in [0.3, 0.4) is 0 Å². The molecule has 0 saturated carbocycles. The van der Waals surface area contributed by atoms with E-state index in [0.29, 0.717) is 42.0 Å². The zero-order chi connectivity index (χ0) is 22.5. The Morgan fingerprint density at radius 2 is 1.69 bits per heavy atom. The van der Waals surface area contributed by atoms with Gasteiger partial charge in [-0.15, -0.1) is 0 Å². The first-order valence-corrected chi connectivity index (χ1v) is 10.8. The van der Waals surface area contributed by atoms with Crippen molar-refractivity contribution in [3.8, 4) is 0 Å². The summed E-state index contributed by atoms with van der Waals surface area (Å²) in [4.78, 5) is 51.0. The van der Waals surface area contributed by atoms with E-state index in [1.807, 2.05) is 0 Å². The molecule has 2 aromatic carbocycles. The van der Waals surface area contributed by atoms with Crippen LogP contribution in [0, 0.1) is 0 Å². The first-order valence-electron chi connectivity index (χ1n) is 10.8. The molecule has 1 atom stereocenters. The van der Waals surface area contributed by atoms with Gasteiger partial charge >= 0.3 is 0 Å². The largest absolute Gasteiger partial charge is 0.376 e. The van der Waals surface area contributed by atoms with Crippen molar-refractivity contribution < 1.29 is 23.9 Å². The number of fused-ring (bicyclic) bond motifs is 1. The molecular formula is C24H25N3O5. The second-order valence-electron chi connectivity index (χ2n) is 7.85. The molecule has 2 aromatic rings. The van der Waals surface area contributed by atoms with Gasteiger partial charge in [0.15, 0.2) is 0 Å². The Balaban J connectivity index is 1.29. The summed E-state index contributed by atoms with van der Waals surface area (Å²) in [5.41, 5.74) is 1.58. The first-order chi connectivity index (χ1) is 15.5. The fourth-order valence-corrected chi connectivity index (χ4v) is 3.95. The number of imide groups is 1. The molecule has 4 rings (SSSR count). The first kappa shape index (κ1) is 21.7. The molecule has 2 heterocycles. The van der Waals surface area contributed by atoms with Crippen LogP contribution in [0.1, 0.15) is 56.8 Å². The number of amides is 4. The molecular weight excluding hydrogens is 410 g/mol. The Labute approximate surface area is 185 Å². The average molecular weight is 435 g/mol. The van der Waals surface area contributed by atoms with Gasteiger partial charge in [-0.2, -0.15) is 0 Å². The highest BCUT2D eigenvalue weighted by Gasteiger charge is 2.34. The maximum Gasteiger partial charge on any atom is 0.261 e. The zero-order valence-electron chi connectivity index (χ0n) is 17.6. The number of ether oxygens (including phenoxy) is 1. The van der Waals surface area contributed by atoms with Crippen molar-refractivity contribution in [1.29, 1.82) is 0 Å². The molecule has 1 saturated heterocycles. The molecule has 0 radical (unpaired) electrons. The van der Waals surface area contributed by atoms with Gasteiger partial charge in [0.25, 0.3) is 17.7 Å². The van der Waals surface area contributed by atoms with Gasteiger partial charge in [-0.1, -0.05) is 24.3 Å². The number of benzene rings is 2. The molecule has 4 amide bonds. The third kappa shape index (κ3) is 4.70. The van der Waals surface area contributed by atoms with E-state index >= 15 is 0 Å². The molecule has 2 aliphatic rings. The minimum Gasteiger partial charge on any atom is -0.376 e. The van der Waals surface area contributed by atoms with Crippen molar-refractivity contribution in [3.05, 3.63) is 65.2 Å². The van der Waals surface area contributed by atoms with Crippen LogP contribution in [-0.2, 0) is 9.53 Å². The number of anilines is 1. The van der Waals surface area contributed by atoms with Crippen molar-refractivity contribution >= 4 is 29.3 Å². The van der Waals surface area contributed by atoms with E-state index in [-0.39, 0.29) is 42.7 Å².